The van der Waals surface area contributed by atoms with E-state index in [9.17, 15) is 27.9 Å². The number of piperidine rings is 3. The maximum atomic E-state index is 14.9. The number of nitriles is 1. The molecule has 3 aliphatic rings. The van der Waals surface area contributed by atoms with Gasteiger partial charge in [0.2, 0.25) is 0 Å². The lowest BCUT2D eigenvalue weighted by Crippen LogP contribution is -2.62. The molecule has 0 unspecified atom stereocenters. The summed E-state index contributed by atoms with van der Waals surface area (Å²) in [7, 11) is 7.80. The maximum Gasteiger partial charge on any atom is 0.183 e. The zero-order chi connectivity index (χ0) is 70.5. The van der Waals surface area contributed by atoms with E-state index < -0.39 is 23.3 Å². The highest BCUT2D eigenvalue weighted by molar-refractivity contribution is 5.76. The summed E-state index contributed by atoms with van der Waals surface area (Å²) in [5, 5.41) is 39.3. The second-order valence-corrected chi connectivity index (χ2v) is 30.1. The fourth-order valence-electron chi connectivity index (χ4n) is 14.7. The van der Waals surface area contributed by atoms with Crippen LogP contribution in [0.15, 0.2) is 105 Å². The maximum absolute atomic E-state index is 14.9. The van der Waals surface area contributed by atoms with Crippen LogP contribution in [0.25, 0.3) is 56.3 Å². The number of aromatic nitrogens is 13. The Morgan fingerprint density at radius 3 is 1.36 bits per heavy atom. The third-order valence-electron chi connectivity index (χ3n) is 18.3. The minimum atomic E-state index is -0.953. The number of hydrogen-bond acceptors (Lipinski definition) is 18. The topological polar surface area (TPSA) is 234 Å². The predicted octanol–water partition coefficient (Wildman–Crippen LogP) is 12.6. The number of halogens is 4. The van der Waals surface area contributed by atoms with Crippen molar-refractivity contribution in [3.63, 3.8) is 0 Å². The molecule has 9 heterocycles. The number of anilines is 3. The van der Waals surface area contributed by atoms with Crippen LogP contribution >= 0.6 is 0 Å². The van der Waals surface area contributed by atoms with E-state index in [1.807, 2.05) is 20.2 Å². The Bertz CT molecular complexity index is 4150. The van der Waals surface area contributed by atoms with Crippen molar-refractivity contribution in [2.24, 2.45) is 7.05 Å². The Labute approximate surface area is 565 Å². The second-order valence-electron chi connectivity index (χ2n) is 30.1. The summed E-state index contributed by atoms with van der Waals surface area (Å²) in [5.41, 5.74) is 4.62. The van der Waals surface area contributed by atoms with Gasteiger partial charge in [0.05, 0.1) is 78.2 Å². The summed E-state index contributed by atoms with van der Waals surface area (Å²) in [4.78, 5) is 41.5. The first kappa shape index (κ1) is 70.5. The fraction of sp³-hybridized carbons (Fsp3) is 0.458. The first-order chi connectivity index (χ1) is 45.4. The number of nitrogens with one attached hydrogen (secondary N) is 3. The van der Waals surface area contributed by atoms with Crippen molar-refractivity contribution in [3.8, 4) is 68.1 Å². The fourth-order valence-corrected chi connectivity index (χ4v) is 14.7. The van der Waals surface area contributed by atoms with Crippen LogP contribution in [0, 0.1) is 48.4 Å². The number of aromatic hydroxyl groups is 1. The van der Waals surface area contributed by atoms with Crippen LogP contribution in [0.1, 0.15) is 139 Å². The Morgan fingerprint density at radius 1 is 0.505 bits per heavy atom. The Hall–Kier alpha value is -9.25. The molecule has 3 fully saturated rings. The zero-order valence-corrected chi connectivity index (χ0v) is 58.9. The monoisotopic (exact) mass is 1330 g/mol. The van der Waals surface area contributed by atoms with Gasteiger partial charge >= 0.3 is 0 Å². The number of aryl methyl sites for hydroxylation is 3. The van der Waals surface area contributed by atoms with Crippen LogP contribution in [0.2, 0.25) is 0 Å². The third-order valence-corrected chi connectivity index (χ3v) is 18.3. The SMILES string of the molecule is CN(c1cnc(-c2ccc(-c3cnn(C)c3C#N)cc2O)cn1)C1CC(C)(C)NC(C)(C)C1.Cc1cn(-c2ccc(-c3cnc(N(C)C4CC(C)(C)NC(C)(C)C4)cn3)c(F)c2F)cn1.Cc1ncn(-c2cc(F)c(-c3cnc(N(C)C4CC(C)(C)NC(C)(C)C4)cn3)cc2F)n1. The highest BCUT2D eigenvalue weighted by atomic mass is 19.2. The smallest absolute Gasteiger partial charge is 0.183 e. The van der Waals surface area contributed by atoms with Crippen molar-refractivity contribution < 1.29 is 22.7 Å². The molecule has 3 saturated heterocycles. The molecule has 3 aromatic carbocycles. The standard InChI is InChI=1S/C25H31N7O.C24H30F2N6.C23H29F2N7/c1-24(2)10-17(11-25(3,4)30-24)31(5)23-15-27-20(14-28-23)18-8-7-16(9-22(18)33)19-13-29-32(6)21(19)12-26;1-15-13-32(14-29-15)19-8-7-17(21(25)22(19)26)18-11-28-20(12-27-18)31(6)16-9-23(2,3)30-24(4,5)10-16;1-14-28-13-32(29-14)20-8-17(24)16(7-18(20)25)19-11-27-21(12-26-19)31(6)15-9-22(2,3)30-23(4,5)10-15/h7-9,13-15,17,30,33H,10-11H2,1-6H3;7-8,11-14,16,30H,9-10H2,1-6H3;7-8,11-13,15,30H,9-10H2,1-6H3. The predicted molar refractivity (Wildman–Crippen MR) is 370 cm³/mol. The first-order valence-electron chi connectivity index (χ1n) is 32.6. The molecular weight excluding hydrogens is 1240 g/mol. The second kappa shape index (κ2) is 27.0. The van der Waals surface area contributed by atoms with Crippen LogP contribution in [-0.4, -0.2) is 142 Å². The van der Waals surface area contributed by atoms with Crippen molar-refractivity contribution in [2.45, 2.75) is 187 Å². The lowest BCUT2D eigenvalue weighted by Gasteiger charge is -2.49. The van der Waals surface area contributed by atoms with Crippen LogP contribution in [0.5, 0.6) is 5.75 Å². The lowest BCUT2D eigenvalue weighted by atomic mass is 9.79. The van der Waals surface area contributed by atoms with Gasteiger partial charge in [0.15, 0.2) is 11.6 Å². The highest BCUT2D eigenvalue weighted by Gasteiger charge is 2.42. The molecule has 0 radical (unpaired) electrons. The molecule has 0 spiro atoms. The molecule has 97 heavy (non-hydrogen) atoms. The molecule has 12 rings (SSSR count). The number of hydrogen-bond donors (Lipinski definition) is 4. The molecule has 0 atom stereocenters. The van der Waals surface area contributed by atoms with Gasteiger partial charge in [-0.15, -0.1) is 0 Å². The lowest BCUT2D eigenvalue weighted by molar-refractivity contribution is 0.160. The highest BCUT2D eigenvalue weighted by Crippen LogP contribution is 2.39. The van der Waals surface area contributed by atoms with Crippen molar-refractivity contribution >= 4 is 17.5 Å². The van der Waals surface area contributed by atoms with Gasteiger partial charge in [-0.3, -0.25) is 19.6 Å². The van der Waals surface area contributed by atoms with Crippen molar-refractivity contribution in [1.82, 2.24) is 80.0 Å². The van der Waals surface area contributed by atoms with Crippen LogP contribution in [-0.2, 0) is 7.05 Å². The number of benzene rings is 3. The van der Waals surface area contributed by atoms with Crippen molar-refractivity contribution in [2.75, 3.05) is 35.8 Å². The van der Waals surface area contributed by atoms with Gasteiger partial charge in [0.25, 0.3) is 0 Å². The number of rotatable bonds is 12. The molecule has 4 N–H and O–H groups in total. The first-order valence-corrected chi connectivity index (χ1v) is 32.6. The number of phenolic OH excluding ortho intramolecular Hbond substituents is 1. The molecule has 0 amide bonds. The van der Waals surface area contributed by atoms with E-state index in [4.69, 9.17) is 0 Å². The third kappa shape index (κ3) is 16.3. The van der Waals surface area contributed by atoms with Crippen LogP contribution in [0.3, 0.4) is 0 Å². The quantitative estimate of drug-likeness (QED) is 0.0833. The van der Waals surface area contributed by atoms with Gasteiger partial charge in [-0.1, -0.05) is 6.07 Å². The molecule has 512 valence electrons. The molecule has 25 heteroatoms. The summed E-state index contributed by atoms with van der Waals surface area (Å²) in [5.74, 6) is -0.352. The van der Waals surface area contributed by atoms with E-state index in [0.717, 1.165) is 67.7 Å². The summed E-state index contributed by atoms with van der Waals surface area (Å²) in [6, 6.07) is 13.6. The van der Waals surface area contributed by atoms with Gasteiger partial charge in [-0.05, 0) is 171 Å². The van der Waals surface area contributed by atoms with E-state index in [2.05, 4.69) is 177 Å². The Balaban J connectivity index is 0.000000158. The number of nitrogens with zero attached hydrogens (tertiary/aromatic N) is 17. The molecule has 0 bridgehead atoms. The van der Waals surface area contributed by atoms with E-state index in [0.29, 0.717) is 46.0 Å². The van der Waals surface area contributed by atoms with E-state index in [-0.39, 0.29) is 85.0 Å². The largest absolute Gasteiger partial charge is 0.507 e. The molecule has 0 aliphatic carbocycles. The van der Waals surface area contributed by atoms with Crippen molar-refractivity contribution in [3.05, 3.63) is 145 Å². The summed E-state index contributed by atoms with van der Waals surface area (Å²) < 4.78 is 63.3. The molecule has 3 aliphatic heterocycles. The summed E-state index contributed by atoms with van der Waals surface area (Å²) >= 11 is 0. The number of imidazole rings is 1. The molecular formula is C72H90F4N20O. The molecule has 0 saturated carbocycles. The van der Waals surface area contributed by atoms with Gasteiger partial charge in [0.1, 0.15) is 64.4 Å². The molecule has 9 aromatic rings. The van der Waals surface area contributed by atoms with E-state index in [1.165, 1.54) is 51.1 Å². The average Bonchev–Trinajstić information content (AvgIpc) is 1.31. The Kier molecular flexibility index (Phi) is 19.6. The molecule has 6 aromatic heterocycles. The van der Waals surface area contributed by atoms with E-state index in [1.54, 1.807) is 70.2 Å². The van der Waals surface area contributed by atoms with Gasteiger partial charge in [-0.25, -0.2) is 47.2 Å². The summed E-state index contributed by atoms with van der Waals surface area (Å²) in [6.45, 7) is 30.0. The number of phenols is 1. The minimum absolute atomic E-state index is 0.000910. The molecule has 21 nitrogen and oxygen atoms in total. The van der Waals surface area contributed by atoms with E-state index >= 15 is 0 Å². The Morgan fingerprint density at radius 2 is 0.959 bits per heavy atom. The van der Waals surface area contributed by atoms with Gasteiger partial charge in [0, 0.05) is 114 Å². The normalized spacial score (nSPS) is 17.8. The van der Waals surface area contributed by atoms with Crippen molar-refractivity contribution in [1.29, 1.82) is 5.26 Å². The minimum Gasteiger partial charge on any atom is -0.507 e. The van der Waals surface area contributed by atoms with Crippen LogP contribution < -0.4 is 30.7 Å². The van der Waals surface area contributed by atoms with Crippen LogP contribution in [0.4, 0.5) is 35.0 Å². The average molecular weight is 1330 g/mol. The van der Waals surface area contributed by atoms with Gasteiger partial charge in [-0.2, -0.15) is 15.5 Å². The summed E-state index contributed by atoms with van der Waals surface area (Å²) in [6.07, 6.45) is 21.6. The van der Waals surface area contributed by atoms with Gasteiger partial charge < -0.3 is 40.3 Å². The zero-order valence-electron chi connectivity index (χ0n) is 58.9.